The van der Waals surface area contributed by atoms with Crippen LogP contribution >= 0.6 is 0 Å². The molecule has 0 bridgehead atoms. The second-order valence-electron chi connectivity index (χ2n) is 5.84. The molecule has 0 spiro atoms. The van der Waals surface area contributed by atoms with Crippen LogP contribution in [0.3, 0.4) is 0 Å². The summed E-state index contributed by atoms with van der Waals surface area (Å²) in [5, 5.41) is 4.08. The van der Waals surface area contributed by atoms with E-state index in [1.807, 2.05) is 11.1 Å². The standard InChI is InChI=1S/C16H17F4N3O/c1-22-8-12(7-21-22)15-10-23(4-5-24-15)9-11-2-3-13(17)6-14(11)16(18,19)20/h2-3,6-8,15H,4-5,9-10H2,1H3/t15-/m0/s1. The molecule has 1 aliphatic heterocycles. The number of benzene rings is 1. The Kier molecular flexibility index (Phi) is 4.60. The molecule has 0 saturated carbocycles. The van der Waals surface area contributed by atoms with Crippen molar-refractivity contribution in [2.45, 2.75) is 18.8 Å². The molecule has 2 aromatic rings. The van der Waals surface area contributed by atoms with Crippen LogP contribution in [-0.4, -0.2) is 34.4 Å². The van der Waals surface area contributed by atoms with Crippen molar-refractivity contribution in [2.24, 2.45) is 7.05 Å². The van der Waals surface area contributed by atoms with E-state index in [1.54, 1.807) is 17.9 Å². The molecule has 1 aromatic heterocycles. The van der Waals surface area contributed by atoms with Crippen molar-refractivity contribution in [2.75, 3.05) is 19.7 Å². The van der Waals surface area contributed by atoms with Crippen molar-refractivity contribution in [3.63, 3.8) is 0 Å². The van der Waals surface area contributed by atoms with Crippen LogP contribution in [-0.2, 0) is 24.5 Å². The summed E-state index contributed by atoms with van der Waals surface area (Å²) in [4.78, 5) is 1.88. The molecule has 1 atom stereocenters. The van der Waals surface area contributed by atoms with Crippen LogP contribution in [0.4, 0.5) is 17.6 Å². The maximum atomic E-state index is 13.2. The van der Waals surface area contributed by atoms with Crippen LogP contribution in [0.2, 0.25) is 0 Å². The highest BCUT2D eigenvalue weighted by molar-refractivity contribution is 5.30. The van der Waals surface area contributed by atoms with Crippen molar-refractivity contribution in [3.05, 3.63) is 53.1 Å². The Balaban J connectivity index is 1.76. The molecule has 8 heteroatoms. The van der Waals surface area contributed by atoms with Crippen LogP contribution in [0.5, 0.6) is 0 Å². The quantitative estimate of drug-likeness (QED) is 0.802. The molecule has 0 amide bonds. The van der Waals surface area contributed by atoms with Gasteiger partial charge >= 0.3 is 6.18 Å². The summed E-state index contributed by atoms with van der Waals surface area (Å²) in [5.41, 5.74) is 0.0278. The summed E-state index contributed by atoms with van der Waals surface area (Å²) < 4.78 is 59.9. The molecule has 2 heterocycles. The lowest BCUT2D eigenvalue weighted by atomic mass is 10.1. The summed E-state index contributed by atoms with van der Waals surface area (Å²) in [6, 6.07) is 2.81. The van der Waals surface area contributed by atoms with E-state index in [2.05, 4.69) is 5.10 Å². The second kappa shape index (κ2) is 6.52. The van der Waals surface area contributed by atoms with Crippen molar-refractivity contribution >= 4 is 0 Å². The van der Waals surface area contributed by atoms with Gasteiger partial charge < -0.3 is 4.74 Å². The van der Waals surface area contributed by atoms with Gasteiger partial charge in [0, 0.05) is 38.4 Å². The Morgan fingerprint density at radius 1 is 1.33 bits per heavy atom. The first-order chi connectivity index (χ1) is 11.3. The molecular weight excluding hydrogens is 326 g/mol. The van der Waals surface area contributed by atoms with Crippen molar-refractivity contribution < 1.29 is 22.3 Å². The SMILES string of the molecule is Cn1cc([C@@H]2CN(Cc3ccc(F)cc3C(F)(F)F)CCO2)cn1. The Hall–Kier alpha value is -1.93. The normalized spacial score (nSPS) is 19.6. The number of ether oxygens (including phenoxy) is 1. The molecule has 130 valence electrons. The van der Waals surface area contributed by atoms with Crippen LogP contribution < -0.4 is 0 Å². The molecule has 4 nitrogen and oxygen atoms in total. The molecule has 24 heavy (non-hydrogen) atoms. The lowest BCUT2D eigenvalue weighted by molar-refractivity contribution is -0.138. The van der Waals surface area contributed by atoms with Gasteiger partial charge in [-0.15, -0.1) is 0 Å². The van der Waals surface area contributed by atoms with Gasteiger partial charge in [-0.1, -0.05) is 6.07 Å². The molecule has 1 aromatic carbocycles. The molecule has 1 aliphatic rings. The predicted molar refractivity (Wildman–Crippen MR) is 78.6 cm³/mol. The maximum Gasteiger partial charge on any atom is 0.416 e. The summed E-state index contributed by atoms with van der Waals surface area (Å²) >= 11 is 0. The highest BCUT2D eigenvalue weighted by Gasteiger charge is 2.34. The van der Waals surface area contributed by atoms with Crippen LogP contribution in [0, 0.1) is 5.82 Å². The van der Waals surface area contributed by atoms with Gasteiger partial charge in [-0.05, 0) is 17.7 Å². The number of morpholine rings is 1. The van der Waals surface area contributed by atoms with Gasteiger partial charge in [0.2, 0.25) is 0 Å². The smallest absolute Gasteiger partial charge is 0.371 e. The third-order valence-electron chi connectivity index (χ3n) is 4.02. The fraction of sp³-hybridized carbons (Fsp3) is 0.438. The number of aromatic nitrogens is 2. The highest BCUT2D eigenvalue weighted by atomic mass is 19.4. The Morgan fingerprint density at radius 2 is 2.12 bits per heavy atom. The summed E-state index contributed by atoms with van der Waals surface area (Å²) in [7, 11) is 1.79. The number of aryl methyl sites for hydroxylation is 1. The van der Waals surface area contributed by atoms with Gasteiger partial charge in [0.05, 0.1) is 24.5 Å². The molecule has 3 rings (SSSR count). The van der Waals surface area contributed by atoms with Crippen molar-refractivity contribution in [1.29, 1.82) is 0 Å². The van der Waals surface area contributed by atoms with E-state index < -0.39 is 17.6 Å². The van der Waals surface area contributed by atoms with E-state index in [0.717, 1.165) is 11.6 Å². The van der Waals surface area contributed by atoms with E-state index in [4.69, 9.17) is 4.74 Å². The topological polar surface area (TPSA) is 30.3 Å². The predicted octanol–water partition coefficient (Wildman–Crippen LogP) is 3.15. The minimum atomic E-state index is -4.58. The number of halogens is 4. The van der Waals surface area contributed by atoms with Crippen LogP contribution in [0.15, 0.2) is 30.6 Å². The molecule has 0 aliphatic carbocycles. The zero-order valence-electron chi connectivity index (χ0n) is 13.1. The van der Waals surface area contributed by atoms with Gasteiger partial charge in [-0.25, -0.2) is 4.39 Å². The van der Waals surface area contributed by atoms with Crippen LogP contribution in [0.1, 0.15) is 22.8 Å². The fourth-order valence-electron chi connectivity index (χ4n) is 2.85. The van der Waals surface area contributed by atoms with Gasteiger partial charge in [0.25, 0.3) is 0 Å². The Morgan fingerprint density at radius 3 is 2.79 bits per heavy atom. The lowest BCUT2D eigenvalue weighted by Crippen LogP contribution is -2.38. The van der Waals surface area contributed by atoms with Gasteiger partial charge in [-0.3, -0.25) is 9.58 Å². The molecule has 0 N–H and O–H groups in total. The molecule has 0 unspecified atom stereocenters. The second-order valence-corrected chi connectivity index (χ2v) is 5.84. The van der Waals surface area contributed by atoms with Crippen molar-refractivity contribution in [1.82, 2.24) is 14.7 Å². The molecule has 0 radical (unpaired) electrons. The van der Waals surface area contributed by atoms with E-state index in [1.165, 1.54) is 6.07 Å². The largest absolute Gasteiger partial charge is 0.416 e. The zero-order chi connectivity index (χ0) is 17.3. The van der Waals surface area contributed by atoms with Gasteiger partial charge in [0.1, 0.15) is 5.82 Å². The van der Waals surface area contributed by atoms with E-state index in [-0.39, 0.29) is 18.2 Å². The fourth-order valence-corrected chi connectivity index (χ4v) is 2.85. The lowest BCUT2D eigenvalue weighted by Gasteiger charge is -2.33. The average molecular weight is 343 g/mol. The molecule has 1 fully saturated rings. The number of nitrogens with zero attached hydrogens (tertiary/aromatic N) is 3. The van der Waals surface area contributed by atoms with E-state index in [0.29, 0.717) is 25.8 Å². The summed E-state index contributed by atoms with van der Waals surface area (Å²) in [5.74, 6) is -0.888. The first kappa shape index (κ1) is 16.9. The third-order valence-corrected chi connectivity index (χ3v) is 4.02. The van der Waals surface area contributed by atoms with Crippen molar-refractivity contribution in [3.8, 4) is 0 Å². The van der Waals surface area contributed by atoms with Crippen LogP contribution in [0.25, 0.3) is 0 Å². The molecule has 1 saturated heterocycles. The maximum absolute atomic E-state index is 13.2. The highest BCUT2D eigenvalue weighted by Crippen LogP contribution is 2.33. The van der Waals surface area contributed by atoms with E-state index >= 15 is 0 Å². The number of rotatable bonds is 3. The van der Waals surface area contributed by atoms with E-state index in [9.17, 15) is 17.6 Å². The van der Waals surface area contributed by atoms with Gasteiger partial charge in [0.15, 0.2) is 0 Å². The zero-order valence-corrected chi connectivity index (χ0v) is 13.1. The minimum Gasteiger partial charge on any atom is -0.371 e. The summed E-state index contributed by atoms with van der Waals surface area (Å²) in [6.07, 6.45) is -1.30. The number of hydrogen-bond donors (Lipinski definition) is 0. The minimum absolute atomic E-state index is 0.0655. The summed E-state index contributed by atoms with van der Waals surface area (Å²) in [6.45, 7) is 1.49. The number of hydrogen-bond acceptors (Lipinski definition) is 3. The number of alkyl halides is 3. The molecular formula is C16H17F4N3O. The monoisotopic (exact) mass is 343 g/mol. The first-order valence-corrected chi connectivity index (χ1v) is 7.51. The first-order valence-electron chi connectivity index (χ1n) is 7.51. The van der Waals surface area contributed by atoms with Gasteiger partial charge in [-0.2, -0.15) is 18.3 Å². The Labute approximate surface area is 136 Å². The Bertz CT molecular complexity index is 714. The average Bonchev–Trinajstić information content (AvgIpc) is 2.95. The third kappa shape index (κ3) is 3.76.